The highest BCUT2D eigenvalue weighted by Gasteiger charge is 2.25. The fourth-order valence-electron chi connectivity index (χ4n) is 3.64. The summed E-state index contributed by atoms with van der Waals surface area (Å²) in [6.07, 6.45) is 2.38. The molecule has 2 aromatic heterocycles. The van der Waals surface area contributed by atoms with Crippen molar-refractivity contribution in [3.63, 3.8) is 0 Å². The first-order valence-electron chi connectivity index (χ1n) is 9.50. The molecule has 1 aliphatic heterocycles. The molecule has 4 rings (SSSR count). The number of rotatable bonds is 7. The van der Waals surface area contributed by atoms with Gasteiger partial charge in [-0.15, -0.1) is 11.3 Å². The van der Waals surface area contributed by atoms with Crippen LogP contribution in [0.25, 0.3) is 10.6 Å². The number of likely N-dealkylation sites (tertiary alicyclic amines) is 1. The molecule has 1 fully saturated rings. The number of benzene rings is 1. The van der Waals surface area contributed by atoms with Crippen LogP contribution in [0.2, 0.25) is 0 Å². The molecule has 0 spiro atoms. The first kappa shape index (κ1) is 18.7. The quantitative estimate of drug-likeness (QED) is 0.639. The van der Waals surface area contributed by atoms with E-state index in [0.29, 0.717) is 12.2 Å². The fourth-order valence-corrected chi connectivity index (χ4v) is 4.33. The number of amides is 1. The predicted molar refractivity (Wildman–Crippen MR) is 111 cm³/mol. The lowest BCUT2D eigenvalue weighted by Gasteiger charge is -2.28. The van der Waals surface area contributed by atoms with Crippen LogP contribution in [-0.2, 0) is 0 Å². The maximum atomic E-state index is 12.7. The Morgan fingerprint density at radius 3 is 2.89 bits per heavy atom. The zero-order chi connectivity index (χ0) is 19.3. The van der Waals surface area contributed by atoms with Gasteiger partial charge < -0.3 is 10.1 Å². The third kappa shape index (κ3) is 4.10. The number of carbonyl (C=O) groups is 1. The van der Waals surface area contributed by atoms with Crippen LogP contribution in [-0.4, -0.2) is 47.7 Å². The minimum Gasteiger partial charge on any atom is -0.497 e. The fraction of sp³-hybridized carbons (Fsp3) is 0.333. The normalized spacial score (nSPS) is 15.5. The minimum atomic E-state index is -0.161. The van der Waals surface area contributed by atoms with Crippen molar-refractivity contribution in [2.45, 2.75) is 18.9 Å². The molecule has 0 radical (unpaired) electrons. The third-order valence-corrected chi connectivity index (χ3v) is 6.02. The molecule has 28 heavy (non-hydrogen) atoms. The van der Waals surface area contributed by atoms with Gasteiger partial charge in [0, 0.05) is 6.54 Å². The van der Waals surface area contributed by atoms with E-state index >= 15 is 0 Å². The Balaban J connectivity index is 1.47. The number of ether oxygens (including phenoxy) is 1. The zero-order valence-electron chi connectivity index (χ0n) is 15.9. The Labute approximate surface area is 168 Å². The maximum Gasteiger partial charge on any atom is 0.271 e. The van der Waals surface area contributed by atoms with E-state index in [9.17, 15) is 4.79 Å². The first-order chi connectivity index (χ1) is 13.7. The van der Waals surface area contributed by atoms with Gasteiger partial charge in [0.2, 0.25) is 0 Å². The van der Waals surface area contributed by atoms with Crippen molar-refractivity contribution < 1.29 is 9.53 Å². The summed E-state index contributed by atoms with van der Waals surface area (Å²) in [5.74, 6) is 0.673. The highest BCUT2D eigenvalue weighted by molar-refractivity contribution is 7.13. The molecule has 0 saturated carbocycles. The van der Waals surface area contributed by atoms with Crippen molar-refractivity contribution in [1.82, 2.24) is 20.4 Å². The lowest BCUT2D eigenvalue weighted by Crippen LogP contribution is -2.37. The van der Waals surface area contributed by atoms with E-state index in [0.717, 1.165) is 35.0 Å². The summed E-state index contributed by atoms with van der Waals surface area (Å²) >= 11 is 1.62. The van der Waals surface area contributed by atoms with Crippen LogP contribution in [0.5, 0.6) is 5.75 Å². The second kappa shape index (κ2) is 8.58. The van der Waals surface area contributed by atoms with Gasteiger partial charge in [-0.25, -0.2) is 0 Å². The van der Waals surface area contributed by atoms with Gasteiger partial charge in [0.05, 0.1) is 23.7 Å². The summed E-state index contributed by atoms with van der Waals surface area (Å²) in [5.41, 5.74) is 2.43. The van der Waals surface area contributed by atoms with E-state index < -0.39 is 0 Å². The highest BCUT2D eigenvalue weighted by atomic mass is 32.1. The van der Waals surface area contributed by atoms with Crippen molar-refractivity contribution >= 4 is 17.2 Å². The summed E-state index contributed by atoms with van der Waals surface area (Å²) in [6, 6.07) is 14.0. The Morgan fingerprint density at radius 2 is 2.14 bits per heavy atom. The molecule has 6 nitrogen and oxygen atoms in total. The molecule has 3 heterocycles. The summed E-state index contributed by atoms with van der Waals surface area (Å²) < 4.78 is 5.38. The second-order valence-electron chi connectivity index (χ2n) is 6.89. The summed E-state index contributed by atoms with van der Waals surface area (Å²) in [7, 11) is 1.68. The summed E-state index contributed by atoms with van der Waals surface area (Å²) in [5, 5.41) is 12.2. The molecule has 1 saturated heterocycles. The first-order valence-corrected chi connectivity index (χ1v) is 10.4. The van der Waals surface area contributed by atoms with Crippen molar-refractivity contribution in [2.24, 2.45) is 0 Å². The van der Waals surface area contributed by atoms with Crippen LogP contribution in [0.3, 0.4) is 0 Å². The van der Waals surface area contributed by atoms with Crippen LogP contribution in [0.4, 0.5) is 0 Å². The van der Waals surface area contributed by atoms with E-state index in [1.807, 2.05) is 29.6 Å². The van der Waals surface area contributed by atoms with Crippen LogP contribution < -0.4 is 10.1 Å². The molecule has 1 aliphatic rings. The molecule has 1 amide bonds. The van der Waals surface area contributed by atoms with E-state index in [1.165, 1.54) is 12.8 Å². The van der Waals surface area contributed by atoms with E-state index in [4.69, 9.17) is 4.74 Å². The smallest absolute Gasteiger partial charge is 0.271 e. The molecule has 1 atom stereocenters. The number of aromatic amines is 1. The number of carbonyl (C=O) groups excluding carboxylic acids is 1. The molecule has 1 aromatic carbocycles. The molecule has 7 heteroatoms. The largest absolute Gasteiger partial charge is 0.497 e. The molecule has 146 valence electrons. The lowest BCUT2D eigenvalue weighted by molar-refractivity contribution is 0.0933. The number of nitrogens with zero attached hydrogens (tertiary/aromatic N) is 2. The highest BCUT2D eigenvalue weighted by Crippen LogP contribution is 2.27. The van der Waals surface area contributed by atoms with Gasteiger partial charge in [-0.1, -0.05) is 18.2 Å². The standard InChI is InChI=1S/C21H24N4O2S/c1-27-16-7-4-6-15(12-16)19(25-9-2-3-10-25)14-22-21(26)18-13-17(23-24-18)20-8-5-11-28-20/h4-8,11-13,19H,2-3,9-10,14H2,1H3,(H,22,26)(H,23,24). The number of aromatic nitrogens is 2. The topological polar surface area (TPSA) is 70.2 Å². The van der Waals surface area contributed by atoms with E-state index in [-0.39, 0.29) is 11.9 Å². The van der Waals surface area contributed by atoms with Gasteiger partial charge >= 0.3 is 0 Å². The molecule has 3 aromatic rings. The number of methoxy groups -OCH3 is 1. The average Bonchev–Trinajstić information content (AvgIpc) is 3.50. The Morgan fingerprint density at radius 1 is 1.29 bits per heavy atom. The summed E-state index contributed by atoms with van der Waals surface area (Å²) in [4.78, 5) is 16.2. The Hall–Kier alpha value is -2.64. The predicted octanol–water partition coefficient (Wildman–Crippen LogP) is 3.71. The van der Waals surface area contributed by atoms with E-state index in [1.54, 1.807) is 24.5 Å². The Kier molecular flexibility index (Phi) is 5.73. The number of hydrogen-bond acceptors (Lipinski definition) is 5. The Bertz CT molecular complexity index is 916. The third-order valence-electron chi connectivity index (χ3n) is 5.11. The molecule has 0 aliphatic carbocycles. The van der Waals surface area contributed by atoms with Gasteiger partial charge in [0.25, 0.3) is 5.91 Å². The van der Waals surface area contributed by atoms with Crippen molar-refractivity contribution in [2.75, 3.05) is 26.7 Å². The minimum absolute atomic E-state index is 0.122. The molecule has 0 bridgehead atoms. The van der Waals surface area contributed by atoms with Gasteiger partial charge in [-0.3, -0.25) is 14.8 Å². The number of H-pyrrole nitrogens is 1. The number of hydrogen-bond donors (Lipinski definition) is 2. The molecular weight excluding hydrogens is 372 g/mol. The molecular formula is C21H24N4O2S. The van der Waals surface area contributed by atoms with Gasteiger partial charge in [-0.2, -0.15) is 5.10 Å². The van der Waals surface area contributed by atoms with Crippen LogP contribution in [0.15, 0.2) is 47.8 Å². The van der Waals surface area contributed by atoms with Gasteiger partial charge in [0.1, 0.15) is 5.75 Å². The van der Waals surface area contributed by atoms with Crippen LogP contribution in [0.1, 0.15) is 34.9 Å². The van der Waals surface area contributed by atoms with E-state index in [2.05, 4.69) is 32.5 Å². The van der Waals surface area contributed by atoms with Crippen molar-refractivity contribution in [3.8, 4) is 16.3 Å². The summed E-state index contributed by atoms with van der Waals surface area (Å²) in [6.45, 7) is 2.62. The second-order valence-corrected chi connectivity index (χ2v) is 7.84. The monoisotopic (exact) mass is 396 g/mol. The van der Waals surface area contributed by atoms with Crippen LogP contribution in [0, 0.1) is 0 Å². The van der Waals surface area contributed by atoms with Crippen molar-refractivity contribution in [1.29, 1.82) is 0 Å². The number of nitrogens with one attached hydrogen (secondary N) is 2. The zero-order valence-corrected chi connectivity index (χ0v) is 16.7. The number of thiophene rings is 1. The maximum absolute atomic E-state index is 12.7. The lowest BCUT2D eigenvalue weighted by atomic mass is 10.0. The van der Waals surface area contributed by atoms with Gasteiger partial charge in [0.15, 0.2) is 5.69 Å². The SMILES string of the molecule is COc1cccc(C(CNC(=O)c2cc(-c3cccs3)[nH]n2)N2CCCC2)c1. The molecule has 2 N–H and O–H groups in total. The van der Waals surface area contributed by atoms with Crippen molar-refractivity contribution in [3.05, 3.63) is 59.1 Å². The van der Waals surface area contributed by atoms with Crippen LogP contribution >= 0.6 is 11.3 Å². The van der Waals surface area contributed by atoms with Gasteiger partial charge in [-0.05, 0) is 61.1 Å². The average molecular weight is 397 g/mol. The molecule has 1 unspecified atom stereocenters.